The third-order valence-electron chi connectivity index (χ3n) is 3.49. The number of carboxylic acids is 1. The lowest BCUT2D eigenvalue weighted by Gasteiger charge is -2.34. The average Bonchev–Trinajstić information content (AvgIpc) is 2.29. The number of hydrogen-bond donors (Lipinski definition) is 1. The second-order valence-corrected chi connectivity index (χ2v) is 5.62. The minimum Gasteiger partial charge on any atom is -0.481 e. The van der Waals surface area contributed by atoms with Gasteiger partial charge < -0.3 is 10.0 Å². The largest absolute Gasteiger partial charge is 0.481 e. The van der Waals surface area contributed by atoms with Crippen LogP contribution in [0.2, 0.25) is 0 Å². The lowest BCUT2D eigenvalue weighted by atomic mass is 9.93. The van der Waals surface area contributed by atoms with Gasteiger partial charge in [-0.25, -0.2) is 0 Å². The molecule has 0 saturated heterocycles. The normalized spacial score (nSPS) is 16.8. The van der Waals surface area contributed by atoms with Crippen LogP contribution in [0.15, 0.2) is 0 Å². The molecule has 1 amide bonds. The van der Waals surface area contributed by atoms with Crippen molar-refractivity contribution in [3.63, 3.8) is 0 Å². The van der Waals surface area contributed by atoms with Gasteiger partial charge in [-0.05, 0) is 18.8 Å². The smallest absolute Gasteiger partial charge is 0.305 e. The van der Waals surface area contributed by atoms with E-state index in [9.17, 15) is 9.59 Å². The summed E-state index contributed by atoms with van der Waals surface area (Å²) in [5, 5.41) is 8.79. The second kappa shape index (κ2) is 7.39. The highest BCUT2D eigenvalue weighted by atomic mass is 16.4. The summed E-state index contributed by atoms with van der Waals surface area (Å²) >= 11 is 0. The molecule has 1 saturated carbocycles. The van der Waals surface area contributed by atoms with E-state index in [0.29, 0.717) is 18.9 Å². The summed E-state index contributed by atoms with van der Waals surface area (Å²) in [5.74, 6) is -0.375. The van der Waals surface area contributed by atoms with Crippen molar-refractivity contribution in [3.05, 3.63) is 0 Å². The summed E-state index contributed by atoms with van der Waals surface area (Å²) in [6, 6.07) is 0.268. The van der Waals surface area contributed by atoms with Gasteiger partial charge in [-0.15, -0.1) is 0 Å². The molecule has 4 heteroatoms. The first-order valence-electron chi connectivity index (χ1n) is 7.02. The molecule has 0 aromatic rings. The lowest BCUT2D eigenvalue weighted by molar-refractivity contribution is -0.140. The number of hydrogen-bond acceptors (Lipinski definition) is 2. The van der Waals surface area contributed by atoms with Crippen molar-refractivity contribution in [3.8, 4) is 0 Å². The van der Waals surface area contributed by atoms with Gasteiger partial charge in [0.25, 0.3) is 0 Å². The zero-order valence-electron chi connectivity index (χ0n) is 11.5. The van der Waals surface area contributed by atoms with E-state index in [1.807, 2.05) is 18.7 Å². The Morgan fingerprint density at radius 3 is 2.33 bits per heavy atom. The van der Waals surface area contributed by atoms with Gasteiger partial charge >= 0.3 is 5.97 Å². The topological polar surface area (TPSA) is 57.6 Å². The number of aliphatic carboxylic acids is 1. The summed E-state index contributed by atoms with van der Waals surface area (Å²) in [7, 11) is 0. The third kappa shape index (κ3) is 5.07. The number of carboxylic acid groups (broad SMARTS) is 1. The molecule has 1 rings (SSSR count). The first-order chi connectivity index (χ1) is 8.50. The highest BCUT2D eigenvalue weighted by molar-refractivity contribution is 5.77. The molecule has 0 atom stereocenters. The van der Waals surface area contributed by atoms with Gasteiger partial charge in [0.05, 0.1) is 6.42 Å². The zero-order chi connectivity index (χ0) is 13.5. The number of carbonyl (C=O) groups is 2. The Morgan fingerprint density at radius 1 is 1.22 bits per heavy atom. The van der Waals surface area contributed by atoms with Crippen molar-refractivity contribution in [1.82, 2.24) is 4.90 Å². The van der Waals surface area contributed by atoms with Gasteiger partial charge in [-0.3, -0.25) is 9.59 Å². The predicted molar refractivity (Wildman–Crippen MR) is 70.3 cm³/mol. The molecule has 0 bridgehead atoms. The Labute approximate surface area is 109 Å². The van der Waals surface area contributed by atoms with Crippen LogP contribution in [0.4, 0.5) is 0 Å². The molecule has 0 heterocycles. The molecule has 18 heavy (non-hydrogen) atoms. The predicted octanol–water partition coefficient (Wildman–Crippen LogP) is 2.67. The second-order valence-electron chi connectivity index (χ2n) is 5.62. The highest BCUT2D eigenvalue weighted by Gasteiger charge is 2.25. The SMILES string of the molecule is CC(C)CC(=O)N(CCC(=O)O)C1CCCCC1. The molecule has 0 aromatic heterocycles. The first kappa shape index (κ1) is 15.0. The molecule has 0 radical (unpaired) electrons. The summed E-state index contributed by atoms with van der Waals surface area (Å²) in [6.07, 6.45) is 6.19. The van der Waals surface area contributed by atoms with Crippen LogP contribution in [0.25, 0.3) is 0 Å². The maximum Gasteiger partial charge on any atom is 0.305 e. The fourth-order valence-electron chi connectivity index (χ4n) is 2.59. The Morgan fingerprint density at radius 2 is 1.83 bits per heavy atom. The molecule has 0 aromatic carbocycles. The minimum atomic E-state index is -0.826. The van der Waals surface area contributed by atoms with E-state index in [1.54, 1.807) is 0 Å². The van der Waals surface area contributed by atoms with Crippen molar-refractivity contribution in [2.75, 3.05) is 6.54 Å². The summed E-state index contributed by atoms with van der Waals surface area (Å²) in [6.45, 7) is 4.41. The molecular formula is C14H25NO3. The van der Waals surface area contributed by atoms with Gasteiger partial charge in [-0.2, -0.15) is 0 Å². The van der Waals surface area contributed by atoms with Crippen LogP contribution >= 0.6 is 0 Å². The molecular weight excluding hydrogens is 230 g/mol. The number of carbonyl (C=O) groups excluding carboxylic acids is 1. The molecule has 1 aliphatic rings. The van der Waals surface area contributed by atoms with Crippen LogP contribution < -0.4 is 0 Å². The zero-order valence-corrected chi connectivity index (χ0v) is 11.5. The van der Waals surface area contributed by atoms with Crippen molar-refractivity contribution < 1.29 is 14.7 Å². The Kier molecular flexibility index (Phi) is 6.16. The van der Waals surface area contributed by atoms with Gasteiger partial charge in [0.2, 0.25) is 5.91 Å². The van der Waals surface area contributed by atoms with E-state index < -0.39 is 5.97 Å². The van der Waals surface area contributed by atoms with Crippen molar-refractivity contribution in [2.45, 2.75) is 64.8 Å². The minimum absolute atomic E-state index is 0.0559. The molecule has 104 valence electrons. The van der Waals surface area contributed by atoms with Crippen LogP contribution in [0, 0.1) is 5.92 Å². The van der Waals surface area contributed by atoms with Crippen LogP contribution in [-0.2, 0) is 9.59 Å². The average molecular weight is 255 g/mol. The quantitative estimate of drug-likeness (QED) is 0.793. The van der Waals surface area contributed by atoms with Gasteiger partial charge in [0.15, 0.2) is 0 Å². The molecule has 0 aliphatic heterocycles. The van der Waals surface area contributed by atoms with E-state index in [0.717, 1.165) is 25.7 Å². The van der Waals surface area contributed by atoms with E-state index in [1.165, 1.54) is 6.42 Å². The van der Waals surface area contributed by atoms with Crippen molar-refractivity contribution in [1.29, 1.82) is 0 Å². The van der Waals surface area contributed by atoms with E-state index >= 15 is 0 Å². The highest BCUT2D eigenvalue weighted by Crippen LogP contribution is 2.24. The van der Waals surface area contributed by atoms with Gasteiger partial charge in [0.1, 0.15) is 0 Å². The van der Waals surface area contributed by atoms with E-state index in [4.69, 9.17) is 5.11 Å². The fraction of sp³-hybridized carbons (Fsp3) is 0.857. The number of amides is 1. The Balaban J connectivity index is 2.60. The maximum atomic E-state index is 12.2. The Bertz CT molecular complexity index is 283. The fourth-order valence-corrected chi connectivity index (χ4v) is 2.59. The summed E-state index contributed by atoms with van der Waals surface area (Å²) in [4.78, 5) is 24.7. The number of rotatable bonds is 6. The molecule has 4 nitrogen and oxygen atoms in total. The van der Waals surface area contributed by atoms with E-state index in [2.05, 4.69) is 0 Å². The molecule has 1 N–H and O–H groups in total. The monoisotopic (exact) mass is 255 g/mol. The van der Waals surface area contributed by atoms with Crippen molar-refractivity contribution >= 4 is 11.9 Å². The molecule has 1 aliphatic carbocycles. The van der Waals surface area contributed by atoms with E-state index in [-0.39, 0.29) is 18.4 Å². The van der Waals surface area contributed by atoms with Crippen LogP contribution in [-0.4, -0.2) is 34.5 Å². The van der Waals surface area contributed by atoms with Crippen LogP contribution in [0.1, 0.15) is 58.8 Å². The summed E-state index contributed by atoms with van der Waals surface area (Å²) in [5.41, 5.74) is 0. The molecule has 0 spiro atoms. The molecule has 0 unspecified atom stereocenters. The third-order valence-corrected chi connectivity index (χ3v) is 3.49. The maximum absolute atomic E-state index is 12.2. The Hall–Kier alpha value is -1.06. The standard InChI is InChI=1S/C14H25NO3/c1-11(2)10-13(16)15(9-8-14(17)18)12-6-4-3-5-7-12/h11-12H,3-10H2,1-2H3,(H,17,18). The van der Waals surface area contributed by atoms with Gasteiger partial charge in [0, 0.05) is 19.0 Å². The van der Waals surface area contributed by atoms with Crippen LogP contribution in [0.5, 0.6) is 0 Å². The lowest BCUT2D eigenvalue weighted by Crippen LogP contribution is -2.43. The van der Waals surface area contributed by atoms with Crippen molar-refractivity contribution in [2.24, 2.45) is 5.92 Å². The van der Waals surface area contributed by atoms with Gasteiger partial charge in [-0.1, -0.05) is 33.1 Å². The van der Waals surface area contributed by atoms with Crippen LogP contribution in [0.3, 0.4) is 0 Å². The molecule has 1 fully saturated rings. The summed E-state index contributed by atoms with van der Waals surface area (Å²) < 4.78 is 0. The number of nitrogens with zero attached hydrogens (tertiary/aromatic N) is 1. The first-order valence-corrected chi connectivity index (χ1v) is 7.02.